The predicted molar refractivity (Wildman–Crippen MR) is 139 cm³/mol. The second kappa shape index (κ2) is 13.9. The largest absolute Gasteiger partial charge is 0.139 e. The lowest BCUT2D eigenvalue weighted by atomic mass is 9.78. The molecule has 0 radical (unpaired) electrons. The number of aryl methyl sites for hydroxylation is 2. The molecule has 0 saturated heterocycles. The summed E-state index contributed by atoms with van der Waals surface area (Å²) in [6.45, 7) is 4.61. The molecule has 30 heavy (non-hydrogen) atoms. The zero-order valence-corrected chi connectivity index (χ0v) is 21.5. The smallest absolute Gasteiger partial charge is 0.0456 e. The van der Waals surface area contributed by atoms with Gasteiger partial charge >= 0.3 is 0 Å². The summed E-state index contributed by atoms with van der Waals surface area (Å²) in [6, 6.07) is 5.02. The number of rotatable bonds is 15. The Labute approximate surface area is 194 Å². The van der Waals surface area contributed by atoms with Crippen molar-refractivity contribution in [2.24, 2.45) is 11.8 Å². The molecule has 0 aromatic carbocycles. The summed E-state index contributed by atoms with van der Waals surface area (Å²) >= 11 is 4.15. The topological polar surface area (TPSA) is 0 Å². The van der Waals surface area contributed by atoms with E-state index in [-0.39, 0.29) is 0 Å². The van der Waals surface area contributed by atoms with Crippen molar-refractivity contribution in [3.63, 3.8) is 0 Å². The fourth-order valence-corrected chi connectivity index (χ4v) is 7.78. The molecule has 3 rings (SSSR count). The normalized spacial score (nSPS) is 19.7. The number of hydrogen-bond acceptors (Lipinski definition) is 2. The van der Waals surface area contributed by atoms with E-state index in [0.29, 0.717) is 0 Å². The molecule has 170 valence electrons. The number of hydrogen-bond donors (Lipinski definition) is 0. The van der Waals surface area contributed by atoms with Gasteiger partial charge in [-0.15, -0.1) is 22.7 Å². The molecule has 1 aliphatic rings. The summed E-state index contributed by atoms with van der Waals surface area (Å²) in [7, 11) is 0. The summed E-state index contributed by atoms with van der Waals surface area (Å²) < 4.78 is 3.12. The first kappa shape index (κ1) is 24.3. The van der Waals surface area contributed by atoms with Crippen LogP contribution < -0.4 is 0 Å². The van der Waals surface area contributed by atoms with Crippen LogP contribution >= 0.6 is 22.7 Å². The van der Waals surface area contributed by atoms with E-state index in [9.17, 15) is 0 Å². The highest BCUT2D eigenvalue weighted by Gasteiger charge is 2.21. The van der Waals surface area contributed by atoms with E-state index in [1.54, 1.807) is 19.2 Å². The van der Waals surface area contributed by atoms with E-state index in [2.05, 4.69) is 48.7 Å². The van der Waals surface area contributed by atoms with Gasteiger partial charge in [0.05, 0.1) is 0 Å². The van der Waals surface area contributed by atoms with Crippen LogP contribution in [0.1, 0.15) is 126 Å². The second-order valence-corrected chi connectivity index (χ2v) is 12.3. The Morgan fingerprint density at radius 2 is 1.10 bits per heavy atom. The molecular formula is C28H46S2. The maximum Gasteiger partial charge on any atom is 0.0456 e. The average molecular weight is 447 g/mol. The Balaban J connectivity index is 1.31. The van der Waals surface area contributed by atoms with Gasteiger partial charge in [-0.2, -0.15) is 0 Å². The van der Waals surface area contributed by atoms with Crippen molar-refractivity contribution < 1.29 is 0 Å². The highest BCUT2D eigenvalue weighted by atomic mass is 32.1. The SMILES string of the molecule is CCCCCCCc1cc2sc(CCC3CCC(CCCCCCC)CC3)cc2s1. The Bertz CT molecular complexity index is 655. The molecule has 0 aliphatic heterocycles. The van der Waals surface area contributed by atoms with E-state index in [1.807, 2.05) is 0 Å². The molecule has 2 aromatic heterocycles. The average Bonchev–Trinajstić information content (AvgIpc) is 3.31. The first-order valence-corrected chi connectivity index (χ1v) is 14.9. The molecule has 0 nitrogen and oxygen atoms in total. The Morgan fingerprint density at radius 3 is 1.70 bits per heavy atom. The van der Waals surface area contributed by atoms with E-state index in [1.165, 1.54) is 116 Å². The zero-order valence-electron chi connectivity index (χ0n) is 19.9. The molecule has 1 saturated carbocycles. The minimum atomic E-state index is 1.00. The molecule has 1 aliphatic carbocycles. The molecule has 0 atom stereocenters. The fourth-order valence-electron chi connectivity index (χ4n) is 5.28. The Morgan fingerprint density at radius 1 is 0.600 bits per heavy atom. The maximum absolute atomic E-state index is 2.52. The monoisotopic (exact) mass is 446 g/mol. The third-order valence-electron chi connectivity index (χ3n) is 7.32. The standard InChI is InChI=1S/C28H46S2/c1-3-5-7-9-11-13-23-15-17-24(18-16-23)19-20-26-22-28-27(30-26)21-25(29-28)14-12-10-8-6-4-2/h21-24H,3-20H2,1-2H3. The fraction of sp³-hybridized carbons (Fsp3) is 0.786. The lowest BCUT2D eigenvalue weighted by molar-refractivity contribution is 0.249. The van der Waals surface area contributed by atoms with Crippen LogP contribution in [0, 0.1) is 11.8 Å². The van der Waals surface area contributed by atoms with E-state index in [4.69, 9.17) is 0 Å². The summed E-state index contributed by atoms with van der Waals surface area (Å²) in [6.07, 6.45) is 25.8. The molecule has 2 heterocycles. The van der Waals surface area contributed by atoms with Gasteiger partial charge in [-0.05, 0) is 49.7 Å². The first-order valence-electron chi connectivity index (χ1n) is 13.3. The molecule has 0 unspecified atom stereocenters. The van der Waals surface area contributed by atoms with Gasteiger partial charge in [0, 0.05) is 19.2 Å². The summed E-state index contributed by atoms with van der Waals surface area (Å²) in [5.41, 5.74) is 0. The highest BCUT2D eigenvalue weighted by Crippen LogP contribution is 2.37. The van der Waals surface area contributed by atoms with E-state index in [0.717, 1.165) is 11.8 Å². The van der Waals surface area contributed by atoms with Gasteiger partial charge in [0.25, 0.3) is 0 Å². The van der Waals surface area contributed by atoms with Gasteiger partial charge in [-0.3, -0.25) is 0 Å². The van der Waals surface area contributed by atoms with Gasteiger partial charge in [0.1, 0.15) is 0 Å². The van der Waals surface area contributed by atoms with Crippen molar-refractivity contribution in [2.75, 3.05) is 0 Å². The van der Waals surface area contributed by atoms with Crippen molar-refractivity contribution in [1.29, 1.82) is 0 Å². The van der Waals surface area contributed by atoms with Crippen molar-refractivity contribution in [3.8, 4) is 0 Å². The lowest BCUT2D eigenvalue weighted by Gasteiger charge is -2.28. The van der Waals surface area contributed by atoms with Crippen LogP contribution in [0.5, 0.6) is 0 Å². The molecule has 1 fully saturated rings. The first-order chi connectivity index (χ1) is 14.8. The third kappa shape index (κ3) is 8.30. The highest BCUT2D eigenvalue weighted by molar-refractivity contribution is 7.27. The predicted octanol–water partition coefficient (Wildman–Crippen LogP) is 10.6. The van der Waals surface area contributed by atoms with Crippen LogP contribution in [-0.4, -0.2) is 0 Å². The molecule has 0 amide bonds. The van der Waals surface area contributed by atoms with Gasteiger partial charge in [-0.1, -0.05) is 104 Å². The van der Waals surface area contributed by atoms with Crippen LogP contribution in [0.4, 0.5) is 0 Å². The molecule has 0 bridgehead atoms. The second-order valence-electron chi connectivity index (χ2n) is 9.95. The van der Waals surface area contributed by atoms with Crippen molar-refractivity contribution in [1.82, 2.24) is 0 Å². The zero-order chi connectivity index (χ0) is 21.0. The van der Waals surface area contributed by atoms with E-state index >= 15 is 0 Å². The molecule has 2 heteroatoms. The minimum absolute atomic E-state index is 1.00. The summed E-state index contributed by atoms with van der Waals surface area (Å²) in [5.74, 6) is 2.05. The van der Waals surface area contributed by atoms with Crippen molar-refractivity contribution >= 4 is 32.1 Å². The van der Waals surface area contributed by atoms with Crippen LogP contribution in [0.25, 0.3) is 9.40 Å². The van der Waals surface area contributed by atoms with Crippen LogP contribution in [0.2, 0.25) is 0 Å². The Hall–Kier alpha value is -0.340. The molecule has 0 spiro atoms. The number of unbranched alkanes of at least 4 members (excludes halogenated alkanes) is 8. The van der Waals surface area contributed by atoms with Crippen molar-refractivity contribution in [2.45, 2.75) is 129 Å². The minimum Gasteiger partial charge on any atom is -0.139 e. The summed E-state index contributed by atoms with van der Waals surface area (Å²) in [5, 5.41) is 0. The van der Waals surface area contributed by atoms with Crippen LogP contribution in [0.3, 0.4) is 0 Å². The van der Waals surface area contributed by atoms with Gasteiger partial charge in [0.15, 0.2) is 0 Å². The molecule has 0 N–H and O–H groups in total. The van der Waals surface area contributed by atoms with Crippen LogP contribution in [0.15, 0.2) is 12.1 Å². The van der Waals surface area contributed by atoms with Gasteiger partial charge in [0.2, 0.25) is 0 Å². The van der Waals surface area contributed by atoms with E-state index < -0.39 is 0 Å². The van der Waals surface area contributed by atoms with Gasteiger partial charge in [-0.25, -0.2) is 0 Å². The van der Waals surface area contributed by atoms with Crippen LogP contribution in [-0.2, 0) is 12.8 Å². The number of thiophene rings is 2. The molecule has 2 aromatic rings. The summed E-state index contributed by atoms with van der Waals surface area (Å²) in [4.78, 5) is 3.26. The lowest BCUT2D eigenvalue weighted by Crippen LogP contribution is -2.15. The third-order valence-corrected chi connectivity index (χ3v) is 9.73. The van der Waals surface area contributed by atoms with Gasteiger partial charge < -0.3 is 0 Å². The quantitative estimate of drug-likeness (QED) is 0.239. The maximum atomic E-state index is 2.52. The Kier molecular flexibility index (Phi) is 11.3. The number of fused-ring (bicyclic) bond motifs is 1. The molecular weight excluding hydrogens is 400 g/mol. The van der Waals surface area contributed by atoms with Crippen molar-refractivity contribution in [3.05, 3.63) is 21.9 Å².